The number of primary sulfonamides is 1. The minimum Gasteiger partial charge on any atom is -0.453 e. The summed E-state index contributed by atoms with van der Waals surface area (Å²) in [6, 6.07) is 3.47. The maximum Gasteiger partial charge on any atom is 0.273 e. The number of ether oxygens (including phenoxy) is 2. The van der Waals surface area contributed by atoms with Gasteiger partial charge in [0, 0.05) is 12.5 Å². The molecule has 0 spiro atoms. The number of nitrogens with two attached hydrogens (primary N) is 1. The lowest BCUT2D eigenvalue weighted by Crippen LogP contribution is -2.23. The topological polar surface area (TPSA) is 78.6 Å². The van der Waals surface area contributed by atoms with Gasteiger partial charge in [0.2, 0.25) is 10.0 Å². The highest BCUT2D eigenvalue weighted by Gasteiger charge is 2.33. The van der Waals surface area contributed by atoms with Crippen molar-refractivity contribution in [2.45, 2.75) is 17.6 Å². The van der Waals surface area contributed by atoms with E-state index in [9.17, 15) is 12.8 Å². The molecule has 0 unspecified atom stereocenters. The molecule has 1 heterocycles. The van der Waals surface area contributed by atoms with Gasteiger partial charge in [0.1, 0.15) is 23.2 Å². The molecule has 0 amide bonds. The Morgan fingerprint density at radius 3 is 2.41 bits per heavy atom. The van der Waals surface area contributed by atoms with Crippen LogP contribution in [0.1, 0.15) is 12.5 Å². The number of hydrogen-bond acceptors (Lipinski definition) is 4. The van der Waals surface area contributed by atoms with Crippen LogP contribution in [0.5, 0.6) is 0 Å². The van der Waals surface area contributed by atoms with E-state index in [1.54, 1.807) is 6.92 Å². The van der Waals surface area contributed by atoms with E-state index in [2.05, 4.69) is 0 Å². The summed E-state index contributed by atoms with van der Waals surface area (Å²) in [5, 5.41) is 4.90. The van der Waals surface area contributed by atoms with Gasteiger partial charge < -0.3 is 9.47 Å². The van der Waals surface area contributed by atoms with Gasteiger partial charge in [0.05, 0.1) is 0 Å². The van der Waals surface area contributed by atoms with Crippen molar-refractivity contribution in [2.24, 2.45) is 5.14 Å². The van der Waals surface area contributed by atoms with E-state index in [0.29, 0.717) is 5.56 Å². The van der Waals surface area contributed by atoms with E-state index >= 15 is 0 Å². The van der Waals surface area contributed by atoms with Crippen LogP contribution in [-0.2, 0) is 25.3 Å². The monoisotopic (exact) mass is 259 g/mol. The Morgan fingerprint density at radius 2 is 1.88 bits per heavy atom. The van der Waals surface area contributed by atoms with Crippen LogP contribution in [0.25, 0.3) is 0 Å². The third kappa shape index (κ3) is 2.11. The van der Waals surface area contributed by atoms with Crippen molar-refractivity contribution >= 4 is 10.0 Å². The fourth-order valence-corrected chi connectivity index (χ4v) is 2.11. The van der Waals surface area contributed by atoms with Gasteiger partial charge in [-0.15, -0.1) is 0 Å². The van der Waals surface area contributed by atoms with E-state index in [-0.39, 0.29) is 0 Å². The summed E-state index contributed by atoms with van der Waals surface area (Å²) in [4.78, 5) is -0.588. The Bertz CT molecular complexity index is 574. The predicted octanol–water partition coefficient (Wildman–Crippen LogP) is 1.16. The molecule has 7 heteroatoms. The molecular weight excluding hydrogens is 249 g/mol. The number of halogens is 1. The maximum absolute atomic E-state index is 13.3. The summed E-state index contributed by atoms with van der Waals surface area (Å²) < 4.78 is 46.0. The van der Waals surface area contributed by atoms with E-state index in [1.807, 2.05) is 0 Å². The third-order valence-electron chi connectivity index (χ3n) is 2.40. The SMILES string of the molecule is CC1(c2ccc(F)c(S(N)(=O)=O)c2)OC=CO1. The Morgan fingerprint density at radius 1 is 1.29 bits per heavy atom. The highest BCUT2D eigenvalue weighted by molar-refractivity contribution is 7.89. The second-order valence-electron chi connectivity index (χ2n) is 3.64. The van der Waals surface area contributed by atoms with E-state index in [1.165, 1.54) is 18.6 Å². The van der Waals surface area contributed by atoms with Crippen LogP contribution in [0, 0.1) is 5.82 Å². The lowest BCUT2D eigenvalue weighted by Gasteiger charge is -2.23. The summed E-state index contributed by atoms with van der Waals surface area (Å²) in [7, 11) is -4.12. The largest absolute Gasteiger partial charge is 0.453 e. The van der Waals surface area contributed by atoms with Crippen LogP contribution >= 0.6 is 0 Å². The van der Waals surface area contributed by atoms with Crippen molar-refractivity contribution in [2.75, 3.05) is 0 Å². The lowest BCUT2D eigenvalue weighted by molar-refractivity contribution is -0.133. The van der Waals surface area contributed by atoms with Crippen LogP contribution in [0.3, 0.4) is 0 Å². The Hall–Kier alpha value is -1.60. The van der Waals surface area contributed by atoms with E-state index in [0.717, 1.165) is 12.1 Å². The smallest absolute Gasteiger partial charge is 0.273 e. The highest BCUT2D eigenvalue weighted by Crippen LogP contribution is 2.32. The number of benzene rings is 1. The van der Waals surface area contributed by atoms with Crippen molar-refractivity contribution in [3.05, 3.63) is 42.1 Å². The molecular formula is C10H10FNO4S. The zero-order valence-corrected chi connectivity index (χ0v) is 9.70. The van der Waals surface area contributed by atoms with Crippen LogP contribution in [0.4, 0.5) is 4.39 Å². The average molecular weight is 259 g/mol. The molecule has 1 aromatic rings. The van der Waals surface area contributed by atoms with Gasteiger partial charge in [-0.05, 0) is 18.2 Å². The van der Waals surface area contributed by atoms with E-state index in [4.69, 9.17) is 14.6 Å². The van der Waals surface area contributed by atoms with Crippen molar-refractivity contribution in [3.63, 3.8) is 0 Å². The molecule has 5 nitrogen and oxygen atoms in total. The first-order valence-corrected chi connectivity index (χ1v) is 6.21. The normalized spacial score (nSPS) is 17.6. The molecule has 0 aromatic heterocycles. The minimum absolute atomic E-state index is 0.355. The standard InChI is InChI=1S/C10H10FNO4S/c1-10(15-4-5-16-10)7-2-3-8(11)9(6-7)17(12,13)14/h2-6H,1H3,(H2,12,13,14). The van der Waals surface area contributed by atoms with Crippen molar-refractivity contribution in [3.8, 4) is 0 Å². The predicted molar refractivity (Wildman–Crippen MR) is 56.4 cm³/mol. The molecule has 0 fully saturated rings. The number of hydrogen-bond donors (Lipinski definition) is 1. The molecule has 2 rings (SSSR count). The minimum atomic E-state index is -4.12. The van der Waals surface area contributed by atoms with Gasteiger partial charge >= 0.3 is 0 Å². The first kappa shape index (κ1) is 11.9. The second kappa shape index (κ2) is 3.71. The Kier molecular flexibility index (Phi) is 2.59. The molecule has 1 aliphatic rings. The van der Waals surface area contributed by atoms with Gasteiger partial charge in [0.15, 0.2) is 0 Å². The fourth-order valence-electron chi connectivity index (χ4n) is 1.48. The van der Waals surface area contributed by atoms with Gasteiger partial charge in [-0.3, -0.25) is 0 Å². The fraction of sp³-hybridized carbons (Fsp3) is 0.200. The first-order valence-electron chi connectivity index (χ1n) is 4.66. The molecule has 0 radical (unpaired) electrons. The molecule has 92 valence electrons. The van der Waals surface area contributed by atoms with Gasteiger partial charge in [-0.2, -0.15) is 0 Å². The van der Waals surface area contributed by atoms with Gasteiger partial charge in [0.25, 0.3) is 5.79 Å². The first-order chi connectivity index (χ1) is 7.83. The van der Waals surface area contributed by atoms with Crippen molar-refractivity contribution in [1.29, 1.82) is 0 Å². The summed E-state index contributed by atoms with van der Waals surface area (Å²) >= 11 is 0. The molecule has 17 heavy (non-hydrogen) atoms. The van der Waals surface area contributed by atoms with Crippen molar-refractivity contribution in [1.82, 2.24) is 0 Å². The summed E-state index contributed by atoms with van der Waals surface area (Å²) in [5.41, 5.74) is 0.355. The number of sulfonamides is 1. The zero-order chi connectivity index (χ0) is 12.7. The number of rotatable bonds is 2. The van der Waals surface area contributed by atoms with Gasteiger partial charge in [-0.1, -0.05) is 0 Å². The van der Waals surface area contributed by atoms with E-state index < -0.39 is 26.5 Å². The van der Waals surface area contributed by atoms with Crippen molar-refractivity contribution < 1.29 is 22.3 Å². The average Bonchev–Trinajstić information content (AvgIpc) is 2.65. The molecule has 1 aromatic carbocycles. The lowest BCUT2D eigenvalue weighted by atomic mass is 10.1. The molecule has 2 N–H and O–H groups in total. The molecule has 1 aliphatic heterocycles. The van der Waals surface area contributed by atoms with Gasteiger partial charge in [-0.25, -0.2) is 17.9 Å². The summed E-state index contributed by atoms with van der Waals surface area (Å²) in [6.07, 6.45) is 2.64. The molecule has 0 bridgehead atoms. The van der Waals surface area contributed by atoms with Crippen LogP contribution in [-0.4, -0.2) is 8.42 Å². The summed E-state index contributed by atoms with van der Waals surface area (Å²) in [5.74, 6) is -2.07. The van der Waals surface area contributed by atoms with Crippen LogP contribution < -0.4 is 5.14 Å². The van der Waals surface area contributed by atoms with Crippen LogP contribution in [0.15, 0.2) is 35.6 Å². The summed E-state index contributed by atoms with van der Waals surface area (Å²) in [6.45, 7) is 1.58. The molecule has 0 aliphatic carbocycles. The highest BCUT2D eigenvalue weighted by atomic mass is 32.2. The molecule has 0 saturated heterocycles. The molecule has 0 saturated carbocycles. The quantitative estimate of drug-likeness (QED) is 0.864. The maximum atomic E-state index is 13.3. The van der Waals surface area contributed by atoms with Crippen LogP contribution in [0.2, 0.25) is 0 Å². The molecule has 0 atom stereocenters. The third-order valence-corrected chi connectivity index (χ3v) is 3.33. The zero-order valence-electron chi connectivity index (χ0n) is 8.88. The Labute approximate surface area is 97.7 Å². The Balaban J connectivity index is 2.52. The second-order valence-corrected chi connectivity index (χ2v) is 5.17.